The summed E-state index contributed by atoms with van der Waals surface area (Å²) in [5, 5.41) is 20.5. The van der Waals surface area contributed by atoms with Gasteiger partial charge in [-0.2, -0.15) is 0 Å². The van der Waals surface area contributed by atoms with E-state index in [0.29, 0.717) is 22.7 Å². The molecule has 8 fully saturated rings. The molecule has 3 aromatic rings. The lowest BCUT2D eigenvalue weighted by Gasteiger charge is -2.42. The fraction of sp³-hybridized carbons (Fsp3) is 0.872. The molecule has 0 spiro atoms. The van der Waals surface area contributed by atoms with Crippen molar-refractivity contribution < 1.29 is 18.9 Å². The number of piperazine rings is 4. The number of nitrogens with one attached hydrogen (secondary N) is 6. The first kappa shape index (κ1) is 138. The highest BCUT2D eigenvalue weighted by Gasteiger charge is 2.29. The second kappa shape index (κ2) is 72.6. The lowest BCUT2D eigenvalue weighted by atomic mass is 9.87. The van der Waals surface area contributed by atoms with Crippen LogP contribution in [0.1, 0.15) is 286 Å². The quantitative estimate of drug-likeness (QED) is 0.0415. The van der Waals surface area contributed by atoms with Gasteiger partial charge in [0.25, 0.3) is 0 Å². The topological polar surface area (TPSA) is 193 Å². The van der Waals surface area contributed by atoms with Crippen molar-refractivity contribution in [2.24, 2.45) is 5.92 Å². The molecule has 0 amide bonds. The van der Waals surface area contributed by atoms with Crippen LogP contribution in [0.3, 0.4) is 0 Å². The van der Waals surface area contributed by atoms with Gasteiger partial charge in [0.15, 0.2) is 0 Å². The molecule has 10 heterocycles. The van der Waals surface area contributed by atoms with Crippen molar-refractivity contribution in [3.05, 3.63) is 72.4 Å². The number of likely N-dealkylation sites (tertiary alicyclic amines) is 1. The van der Waals surface area contributed by atoms with Crippen LogP contribution < -0.4 is 41.7 Å². The van der Waals surface area contributed by atoms with Crippen LogP contribution in [0, 0.1) is 5.92 Å². The maximum Gasteiger partial charge on any atom is 0.144 e. The molecule has 8 saturated heterocycles. The molecular weight excluding hydrogens is 1790 g/mol. The summed E-state index contributed by atoms with van der Waals surface area (Å²) in [4.78, 5) is 47.0. The molecule has 6 N–H and O–H groups in total. The van der Waals surface area contributed by atoms with E-state index < -0.39 is 0 Å². The average molecular weight is 2030 g/mol. The number of nitrogens with zero attached hydrogens (tertiary/aromatic N) is 17. The van der Waals surface area contributed by atoms with Crippen molar-refractivity contribution in [3.63, 3.8) is 0 Å². The fourth-order valence-electron chi connectivity index (χ4n) is 16.6. The van der Waals surface area contributed by atoms with Crippen molar-refractivity contribution in [2.75, 3.05) is 346 Å². The van der Waals surface area contributed by atoms with Gasteiger partial charge in [0.05, 0.1) is 57.7 Å². The Bertz CT molecular complexity index is 3410. The van der Waals surface area contributed by atoms with E-state index in [-0.39, 0.29) is 38.5 Å². The Labute approximate surface area is 891 Å². The van der Waals surface area contributed by atoms with Crippen LogP contribution in [0.5, 0.6) is 0 Å². The number of hydrogen-bond donors (Lipinski definition) is 6. The Morgan fingerprint density at radius 2 is 0.771 bits per heavy atom. The molecule has 27 heteroatoms. The number of rotatable bonds is 26. The highest BCUT2D eigenvalue weighted by molar-refractivity contribution is 5.49. The van der Waals surface area contributed by atoms with Crippen LogP contribution in [-0.2, 0) is 29.8 Å². The van der Waals surface area contributed by atoms with Crippen molar-refractivity contribution in [3.8, 4) is 0 Å². The third-order valence-electron chi connectivity index (χ3n) is 26.6. The van der Waals surface area contributed by atoms with Crippen molar-refractivity contribution in [2.45, 2.75) is 336 Å². The zero-order chi connectivity index (χ0) is 109. The number of aromatic nitrogens is 3. The second-order valence-corrected chi connectivity index (χ2v) is 51.8. The smallest absolute Gasteiger partial charge is 0.144 e. The standard InChI is InChI=1S/C14H29N3O.C14H21NO.2C12H27N3.C12H26N2.C11H18N2.C10H24N2.C9H20N2.C9H19NO.C7H11N3.C7H17NO/c1-14(2,3)17-8-6-15(7-9-17)4-5-16-10-12-18-13-11-16;1-14(2,3)12-4-6-13(7-5-12)15-8-10-16-11-9-15;2*1-12(2,3)13-6-5-7-15-10-8-14(4)9-11-15;1-11-5-8-14(9-6-11)10-7-13-12(2,3)4;1-11(2,3)10-7-6-9(8-12-10)13(4)5;1-6-12(7-2)9-8-11-10(3,4)5;1-9(2,3)11-7-5-10(4)6-8-11;1-9(2,3)10-5-4-7-11-8-6-10;1-6(2)10-7-5-8-3-4-9-7;1-7(2,3)8-5-6-9-4/h4-13H2,1-3H3;4-7H,8-11H2,1-3H3;2*13H,5-11H2,1-4H3;11,13H,5-10H2,1-4H3;6-8H,1-5H3;11H,6-9H2,1-5H3;5-8H2,1-4H3;4-8H2,1-3H3;3-6H,1-2H3,(H,9,10);8H,5-6H2,1-4H3. The fourth-order valence-corrected chi connectivity index (χ4v) is 16.6. The molecule has 8 aliphatic rings. The molecule has 2 aromatic heterocycles. The van der Waals surface area contributed by atoms with Crippen LogP contribution in [0.15, 0.2) is 61.2 Å². The van der Waals surface area contributed by atoms with Gasteiger partial charge in [-0.3, -0.25) is 34.5 Å². The van der Waals surface area contributed by atoms with E-state index >= 15 is 0 Å². The number of piperidine rings is 1. The van der Waals surface area contributed by atoms with Gasteiger partial charge in [-0.1, -0.05) is 74.4 Å². The van der Waals surface area contributed by atoms with Crippen LogP contribution in [0.25, 0.3) is 0 Å². The van der Waals surface area contributed by atoms with Gasteiger partial charge < -0.3 is 94.9 Å². The molecule has 0 radical (unpaired) electrons. The first-order valence-electron chi connectivity index (χ1n) is 56.5. The van der Waals surface area contributed by atoms with Crippen molar-refractivity contribution >= 4 is 17.2 Å². The predicted molar refractivity (Wildman–Crippen MR) is 627 cm³/mol. The third kappa shape index (κ3) is 74.9. The minimum Gasteiger partial charge on any atom is -0.383 e. The average Bonchev–Trinajstić information content (AvgIpc) is 0.850. The summed E-state index contributed by atoms with van der Waals surface area (Å²) in [6.07, 6.45) is 13.4. The molecule has 0 atom stereocenters. The number of methoxy groups -OCH3 is 1. The Morgan fingerprint density at radius 1 is 0.389 bits per heavy atom. The highest BCUT2D eigenvalue weighted by atomic mass is 16.5. The highest BCUT2D eigenvalue weighted by Crippen LogP contribution is 2.27. The molecular formula is C117H239N23O4. The second-order valence-electron chi connectivity index (χ2n) is 51.8. The van der Waals surface area contributed by atoms with Gasteiger partial charge in [-0.25, -0.2) is 4.98 Å². The van der Waals surface area contributed by atoms with Crippen LogP contribution in [0.2, 0.25) is 0 Å². The normalized spacial score (nSPS) is 18.7. The van der Waals surface area contributed by atoms with Gasteiger partial charge in [0.2, 0.25) is 0 Å². The van der Waals surface area contributed by atoms with E-state index in [9.17, 15) is 0 Å². The summed E-state index contributed by atoms with van der Waals surface area (Å²) < 4.78 is 21.0. The SMILES string of the molecule is CC(C)(C)N1CCCOCC1.CC(C)(C)N1CCN(CCN2CCOCC2)CC1.CC(C)(C)c1ccc(N2CCOCC2)cc1.CC(C)Nc1cnccn1.CC1CCN(CCNC(C)(C)C)CC1.CCN(CC)CCNC(C)(C)C.CN(C)c1ccc(C(C)(C)C)nc1.CN1CCN(C(C)(C)C)CC1.CN1CCN(CCCNC(C)(C)C)CC1.CN1CCN(CCCNC(C)(C)C)CC1.COCCNC(C)(C)C. The Hall–Kier alpha value is -3.99. The molecule has 0 saturated carbocycles. The Balaban J connectivity index is 0.000000796. The molecule has 0 aliphatic carbocycles. The Kier molecular flexibility index (Phi) is 69.6. The number of pyridine rings is 1. The third-order valence-corrected chi connectivity index (χ3v) is 26.6. The summed E-state index contributed by atoms with van der Waals surface area (Å²) in [5.74, 6) is 1.78. The maximum atomic E-state index is 5.38. The summed E-state index contributed by atoms with van der Waals surface area (Å²) in [5.41, 5.74) is 7.66. The molecule has 27 nitrogen and oxygen atoms in total. The van der Waals surface area contributed by atoms with E-state index in [0.717, 1.165) is 154 Å². The number of benzene rings is 1. The van der Waals surface area contributed by atoms with Gasteiger partial charge in [0.1, 0.15) is 5.82 Å². The van der Waals surface area contributed by atoms with E-state index in [4.69, 9.17) is 18.9 Å². The number of likely N-dealkylation sites (N-methyl/N-ethyl adjacent to an activating group) is 4. The van der Waals surface area contributed by atoms with Gasteiger partial charge in [-0.05, 0) is 327 Å². The molecule has 1 aromatic carbocycles. The molecule has 11 rings (SSSR count). The number of anilines is 3. The van der Waals surface area contributed by atoms with Crippen LogP contribution in [0.4, 0.5) is 17.2 Å². The van der Waals surface area contributed by atoms with Gasteiger partial charge in [0, 0.05) is 297 Å². The molecule has 0 bridgehead atoms. The van der Waals surface area contributed by atoms with Crippen LogP contribution in [-0.4, -0.2) is 455 Å². The molecule has 846 valence electrons. The monoisotopic (exact) mass is 2030 g/mol. The predicted octanol–water partition coefficient (Wildman–Crippen LogP) is 16.7. The number of hydrogen-bond acceptors (Lipinski definition) is 27. The summed E-state index contributed by atoms with van der Waals surface area (Å²) in [6.45, 7) is 128. The molecule has 0 unspecified atom stereocenters. The molecule has 144 heavy (non-hydrogen) atoms. The summed E-state index contributed by atoms with van der Waals surface area (Å²) >= 11 is 0. The minimum atomic E-state index is 0.144. The number of morpholine rings is 2. The maximum absolute atomic E-state index is 5.38. The molecule has 8 aliphatic heterocycles. The summed E-state index contributed by atoms with van der Waals surface area (Å²) in [6, 6.07) is 13.5. The first-order chi connectivity index (χ1) is 66.9. The Morgan fingerprint density at radius 3 is 1.16 bits per heavy atom. The van der Waals surface area contributed by atoms with E-state index in [2.05, 4.69) is 415 Å². The summed E-state index contributed by atoms with van der Waals surface area (Å²) in [7, 11) is 12.4. The first-order valence-corrected chi connectivity index (χ1v) is 56.5. The van der Waals surface area contributed by atoms with E-state index in [1.54, 1.807) is 25.7 Å². The van der Waals surface area contributed by atoms with Crippen molar-refractivity contribution in [1.82, 2.24) is 100 Å². The van der Waals surface area contributed by atoms with E-state index in [1.165, 1.54) is 200 Å². The zero-order valence-corrected chi connectivity index (χ0v) is 102. The number of ether oxygens (including phenoxy) is 4. The van der Waals surface area contributed by atoms with Crippen molar-refractivity contribution in [1.29, 1.82) is 0 Å². The minimum absolute atomic E-state index is 0.144. The zero-order valence-electron chi connectivity index (χ0n) is 102. The van der Waals surface area contributed by atoms with E-state index in [1.807, 2.05) is 20.3 Å². The largest absolute Gasteiger partial charge is 0.383 e. The van der Waals surface area contributed by atoms with Gasteiger partial charge in [-0.15, -0.1) is 0 Å². The lowest BCUT2D eigenvalue weighted by molar-refractivity contribution is 0.0236. The van der Waals surface area contributed by atoms with Crippen LogP contribution >= 0.6 is 0 Å². The van der Waals surface area contributed by atoms with Gasteiger partial charge >= 0.3 is 0 Å². The lowest BCUT2D eigenvalue weighted by Crippen LogP contribution is -2.54.